The highest BCUT2D eigenvalue weighted by Gasteiger charge is 2.52. The lowest BCUT2D eigenvalue weighted by molar-refractivity contribution is -0.683. The standard InChI is InChI=1S/C24BF20.C12H10N3O3/c26-5-1(6(27)14(35)21(42)13(5)34)25(2-7(28)15(36)22(43)16(37)8(2)29,3-9(30)17(38)23(44)18(39)10(3)31)4-11(32)19(40)24(45)20(41)12(4)33;16-12(9-14-7-5-13-6-8-14)10-1-3-11(4-2-10)15(17)18/h;1-8H,9H2/q-1;+1. The van der Waals surface area contributed by atoms with Gasteiger partial charge >= 0.3 is 0 Å². The van der Waals surface area contributed by atoms with Crippen molar-refractivity contribution in [1.82, 2.24) is 4.98 Å². The molecule has 0 unspecified atom stereocenters. The smallest absolute Gasteiger partial charge is 0.269 e. The molecule has 5 aromatic carbocycles. The zero-order chi connectivity index (χ0) is 47.3. The Labute approximate surface area is 334 Å². The van der Waals surface area contributed by atoms with Crippen LogP contribution in [0.25, 0.3) is 0 Å². The van der Waals surface area contributed by atoms with E-state index in [4.69, 9.17) is 0 Å². The number of hydrogen-bond acceptors (Lipinski definition) is 4. The fourth-order valence-electron chi connectivity index (χ4n) is 6.35. The van der Waals surface area contributed by atoms with E-state index in [9.17, 15) is 67.6 Å². The molecule has 0 aliphatic carbocycles. The Kier molecular flexibility index (Phi) is 12.9. The third-order valence-electron chi connectivity index (χ3n) is 9.12. The van der Waals surface area contributed by atoms with Gasteiger partial charge in [-0.15, -0.1) is 21.9 Å². The van der Waals surface area contributed by atoms with E-state index in [0.29, 0.717) is 5.56 Å². The van der Waals surface area contributed by atoms with Gasteiger partial charge in [0, 0.05) is 17.7 Å². The lowest BCUT2D eigenvalue weighted by atomic mass is 9.12. The van der Waals surface area contributed by atoms with Gasteiger partial charge in [-0.05, 0) is 12.1 Å². The first-order chi connectivity index (χ1) is 29.4. The molecule has 0 fully saturated rings. The molecular weight excluding hydrogens is 913 g/mol. The quantitative estimate of drug-likeness (QED) is 0.0241. The summed E-state index contributed by atoms with van der Waals surface area (Å²) in [6, 6.07) is 5.57. The molecular formula is C36H10BF20N3O3. The number of benzene rings is 5. The van der Waals surface area contributed by atoms with Crippen LogP contribution in [0.2, 0.25) is 0 Å². The minimum absolute atomic E-state index is 0.0249. The van der Waals surface area contributed by atoms with Crippen LogP contribution in [0.1, 0.15) is 10.4 Å². The summed E-state index contributed by atoms with van der Waals surface area (Å²) in [4.78, 5) is 25.7. The first-order valence-electron chi connectivity index (χ1n) is 16.2. The highest BCUT2D eigenvalue weighted by Crippen LogP contribution is 2.30. The summed E-state index contributed by atoms with van der Waals surface area (Å²) in [6.07, 6.45) is -0.677. The van der Waals surface area contributed by atoms with Crippen LogP contribution in [-0.2, 0) is 6.54 Å². The summed E-state index contributed by atoms with van der Waals surface area (Å²) in [5, 5.41) is 10.5. The van der Waals surface area contributed by atoms with Crippen molar-refractivity contribution in [1.29, 1.82) is 0 Å². The van der Waals surface area contributed by atoms with Gasteiger partial charge in [0.1, 0.15) is 52.7 Å². The second-order valence-electron chi connectivity index (χ2n) is 12.4. The number of aromatic nitrogens is 2. The number of nitro benzene ring substituents is 1. The van der Waals surface area contributed by atoms with Crippen molar-refractivity contribution in [2.45, 2.75) is 6.54 Å². The molecule has 330 valence electrons. The molecule has 1 aromatic heterocycles. The number of hydrogen-bond donors (Lipinski definition) is 0. The molecule has 0 saturated carbocycles. The number of nitrogens with zero attached hydrogens (tertiary/aromatic N) is 3. The Morgan fingerprint density at radius 2 is 0.683 bits per heavy atom. The van der Waals surface area contributed by atoms with Gasteiger partial charge < -0.3 is 0 Å². The van der Waals surface area contributed by atoms with Crippen LogP contribution in [-0.4, -0.2) is 21.8 Å². The average molecular weight is 923 g/mol. The monoisotopic (exact) mass is 923 g/mol. The van der Waals surface area contributed by atoms with Gasteiger partial charge in [0.05, 0.1) is 17.3 Å². The molecule has 63 heavy (non-hydrogen) atoms. The average Bonchev–Trinajstić information content (AvgIpc) is 3.26. The third-order valence-corrected chi connectivity index (χ3v) is 9.12. The summed E-state index contributed by atoms with van der Waals surface area (Å²) in [5.41, 5.74) is -13.9. The Bertz CT molecular complexity index is 2490. The van der Waals surface area contributed by atoms with Crippen LogP contribution < -0.4 is 26.4 Å². The second-order valence-corrected chi connectivity index (χ2v) is 12.4. The normalized spacial score (nSPS) is 11.4. The molecule has 1 heterocycles. The third kappa shape index (κ3) is 7.53. The van der Waals surface area contributed by atoms with E-state index in [1.807, 2.05) is 0 Å². The number of non-ortho nitro benzene ring substituents is 1. The van der Waals surface area contributed by atoms with Gasteiger partial charge in [-0.1, -0.05) is 0 Å². The van der Waals surface area contributed by atoms with E-state index >= 15 is 35.1 Å². The SMILES string of the molecule is Fc1c(F)c(F)c([B-](c2c(F)c(F)c(F)c(F)c2F)(c2c(F)c(F)c(F)c(F)c2F)c2c(F)c(F)c(F)c(F)c2F)c(F)c1F.O=C(C[n+]1ccncc1)c1ccc([N+](=O)[O-])cc1. The lowest BCUT2D eigenvalue weighted by Gasteiger charge is -2.44. The largest absolute Gasteiger partial charge is 0.287 e. The Morgan fingerprint density at radius 3 is 0.921 bits per heavy atom. The van der Waals surface area contributed by atoms with Crippen LogP contribution in [0.5, 0.6) is 0 Å². The molecule has 0 bridgehead atoms. The van der Waals surface area contributed by atoms with Gasteiger partial charge in [-0.3, -0.25) is 19.9 Å². The maximum Gasteiger partial charge on any atom is 0.269 e. The first kappa shape index (κ1) is 47.0. The molecule has 27 heteroatoms. The molecule has 0 spiro atoms. The Morgan fingerprint density at radius 1 is 0.444 bits per heavy atom. The zero-order valence-corrected chi connectivity index (χ0v) is 29.5. The second kappa shape index (κ2) is 17.4. The van der Waals surface area contributed by atoms with E-state index < -0.39 is 149 Å². The minimum Gasteiger partial charge on any atom is -0.287 e. The predicted molar refractivity (Wildman–Crippen MR) is 171 cm³/mol. The molecule has 0 saturated heterocycles. The van der Waals surface area contributed by atoms with Crippen LogP contribution in [0.15, 0.2) is 49.1 Å². The van der Waals surface area contributed by atoms with E-state index in [1.165, 1.54) is 24.3 Å². The van der Waals surface area contributed by atoms with E-state index in [2.05, 4.69) is 4.98 Å². The molecule has 0 aliphatic heterocycles. The Hall–Kier alpha value is -7.09. The summed E-state index contributed by atoms with van der Waals surface area (Å²) >= 11 is 0. The minimum atomic E-state index is -7.22. The molecule has 0 radical (unpaired) electrons. The fraction of sp³-hybridized carbons (Fsp3) is 0.0278. The van der Waals surface area contributed by atoms with Crippen LogP contribution >= 0.6 is 0 Å². The number of nitro groups is 1. The van der Waals surface area contributed by atoms with Crippen molar-refractivity contribution in [2.75, 3.05) is 0 Å². The topological polar surface area (TPSA) is 77.0 Å². The van der Waals surface area contributed by atoms with Gasteiger partial charge in [0.25, 0.3) is 5.69 Å². The van der Waals surface area contributed by atoms with Gasteiger partial charge in [-0.2, -0.15) is 4.57 Å². The number of carbonyl (C=O) groups excluding carboxylic acids is 1. The number of carbonyl (C=O) groups is 1. The maximum atomic E-state index is 15.4. The molecule has 0 amide bonds. The first-order valence-corrected chi connectivity index (χ1v) is 16.2. The van der Waals surface area contributed by atoms with Gasteiger partial charge in [0.2, 0.25) is 12.3 Å². The highest BCUT2D eigenvalue weighted by atomic mass is 19.2. The highest BCUT2D eigenvalue weighted by molar-refractivity contribution is 7.20. The van der Waals surface area contributed by atoms with E-state index in [0.717, 1.165) is 0 Å². The summed E-state index contributed by atoms with van der Waals surface area (Å²) < 4.78 is 296. The van der Waals surface area contributed by atoms with Crippen LogP contribution in [0.4, 0.5) is 93.5 Å². The van der Waals surface area contributed by atoms with Crippen LogP contribution in [0, 0.1) is 126 Å². The summed E-state index contributed by atoms with van der Waals surface area (Å²) in [5.74, 6) is -71.5. The number of halogens is 20. The van der Waals surface area contributed by atoms with Crippen LogP contribution in [0.3, 0.4) is 0 Å². The lowest BCUT2D eigenvalue weighted by Crippen LogP contribution is -2.81. The fourth-order valence-corrected chi connectivity index (χ4v) is 6.35. The molecule has 0 atom stereocenters. The van der Waals surface area contributed by atoms with Crippen molar-refractivity contribution in [2.24, 2.45) is 0 Å². The van der Waals surface area contributed by atoms with Crippen molar-refractivity contribution in [3.8, 4) is 0 Å². The molecule has 0 aliphatic rings. The van der Waals surface area contributed by atoms with Gasteiger partial charge in [-0.25, -0.2) is 87.8 Å². The summed E-state index contributed by atoms with van der Waals surface area (Å²) in [7, 11) is 0. The number of ketones is 1. The maximum absolute atomic E-state index is 15.4. The molecule has 6 aromatic rings. The summed E-state index contributed by atoms with van der Waals surface area (Å²) in [6.45, 7) is 0.181. The molecule has 0 N–H and O–H groups in total. The predicted octanol–water partition coefficient (Wildman–Crippen LogP) is 7.01. The number of rotatable bonds is 8. The van der Waals surface area contributed by atoms with E-state index in [1.54, 1.807) is 29.4 Å². The zero-order valence-electron chi connectivity index (χ0n) is 29.5. The van der Waals surface area contributed by atoms with E-state index in [-0.39, 0.29) is 18.0 Å². The molecule has 6 nitrogen and oxygen atoms in total. The molecule has 6 rings (SSSR count). The van der Waals surface area contributed by atoms with Crippen molar-refractivity contribution < 1.29 is 102 Å². The number of Topliss-reactive ketones (excluding diaryl/α,β-unsaturated/α-hetero) is 1. The van der Waals surface area contributed by atoms with Crippen molar-refractivity contribution in [3.63, 3.8) is 0 Å². The van der Waals surface area contributed by atoms with Crippen molar-refractivity contribution >= 4 is 39.5 Å². The van der Waals surface area contributed by atoms with Gasteiger partial charge in [0.15, 0.2) is 82.2 Å². The Balaban J connectivity index is 0.000000345. The van der Waals surface area contributed by atoms with Crippen molar-refractivity contribution in [3.05, 3.63) is 181 Å².